The molecule has 0 radical (unpaired) electrons. The van der Waals surface area contributed by atoms with E-state index in [2.05, 4.69) is 79.1 Å². The van der Waals surface area contributed by atoms with Crippen molar-refractivity contribution in [3.8, 4) is 5.69 Å². The summed E-state index contributed by atoms with van der Waals surface area (Å²) in [6.45, 7) is 12.7. The standard InChI is InChI=1S/C55H65FN10O5/c1-34-30-61(31-37-5-10-46-42(27-37)55(18-19-55)54(71)66(46)47-11-12-49(67)59-52(47)69)25-26-64(34)32-36-14-21-63(22-15-36)53(70)40-8-6-38(7-9-40)39-16-23-62(24-17-39)35(2)48-28-41-45(13-20-58-51(41)60(48)4)65-33-43(56)44(57-3)29-50(65)68/h5-10,13,20,27-29,33-36,39,47,57H,11-12,14-19,21-26,30-32H2,1-4H3,(H,59,67,69)/t34-,35-,47-/m0/s1. The molecule has 6 aliphatic rings. The lowest BCUT2D eigenvalue weighted by Gasteiger charge is -2.42. The zero-order valence-corrected chi connectivity index (χ0v) is 41.3. The van der Waals surface area contributed by atoms with E-state index in [0.29, 0.717) is 30.0 Å². The topological polar surface area (TPSA) is 148 Å². The second kappa shape index (κ2) is 18.7. The summed E-state index contributed by atoms with van der Waals surface area (Å²) in [5.41, 5.74) is 6.83. The number of piperidine rings is 3. The van der Waals surface area contributed by atoms with Gasteiger partial charge in [-0.05, 0) is 131 Å². The average molecular weight is 965 g/mol. The number of anilines is 2. The Morgan fingerprint density at radius 2 is 1.66 bits per heavy atom. The third kappa shape index (κ3) is 8.64. The number of rotatable bonds is 11. The maximum Gasteiger partial charge on any atom is 0.257 e. The van der Waals surface area contributed by atoms with Gasteiger partial charge in [0.05, 0.1) is 23.0 Å². The Bertz CT molecular complexity index is 2970. The molecule has 1 spiro atoms. The molecule has 4 saturated heterocycles. The summed E-state index contributed by atoms with van der Waals surface area (Å²) in [5.74, 6) is -0.0753. The van der Waals surface area contributed by atoms with Crippen LogP contribution in [0.4, 0.5) is 15.8 Å². The molecule has 0 unspecified atom stereocenters. The van der Waals surface area contributed by atoms with Gasteiger partial charge >= 0.3 is 0 Å². The summed E-state index contributed by atoms with van der Waals surface area (Å²) in [6.07, 6.45) is 9.11. The van der Waals surface area contributed by atoms with Crippen molar-refractivity contribution in [2.45, 2.75) is 101 Å². The quantitative estimate of drug-likeness (QED) is 0.149. The van der Waals surface area contributed by atoms with Crippen LogP contribution in [0.2, 0.25) is 0 Å². The second-order valence-corrected chi connectivity index (χ2v) is 21.2. The number of pyridine rings is 2. The number of nitrogens with zero attached hydrogens (tertiary/aromatic N) is 8. The lowest BCUT2D eigenvalue weighted by atomic mass is 9.88. The first kappa shape index (κ1) is 47.1. The molecule has 0 bridgehead atoms. The normalized spacial score (nSPS) is 22.9. The number of imide groups is 1. The first-order valence-corrected chi connectivity index (χ1v) is 25.8. The van der Waals surface area contributed by atoms with Gasteiger partial charge in [0.15, 0.2) is 5.82 Å². The van der Waals surface area contributed by atoms with Crippen LogP contribution >= 0.6 is 0 Å². The van der Waals surface area contributed by atoms with Crippen molar-refractivity contribution < 1.29 is 23.6 Å². The number of aryl methyl sites for hydroxylation is 1. The Hall–Kier alpha value is -6.23. The van der Waals surface area contributed by atoms with Crippen LogP contribution < -0.4 is 21.1 Å². The molecule has 15 nitrogen and oxygen atoms in total. The van der Waals surface area contributed by atoms with Gasteiger partial charge in [-0.15, -0.1) is 0 Å². The Morgan fingerprint density at radius 1 is 0.901 bits per heavy atom. The van der Waals surface area contributed by atoms with Gasteiger partial charge in [0.25, 0.3) is 11.5 Å². The molecule has 5 aliphatic heterocycles. The number of fused-ring (bicyclic) bond motifs is 3. The van der Waals surface area contributed by atoms with Gasteiger partial charge in [-0.2, -0.15) is 0 Å². The number of amides is 4. The minimum Gasteiger partial charge on any atom is -0.386 e. The van der Waals surface area contributed by atoms with Gasteiger partial charge in [0.1, 0.15) is 11.7 Å². The van der Waals surface area contributed by atoms with Gasteiger partial charge < -0.3 is 14.8 Å². The molecule has 2 N–H and O–H groups in total. The first-order valence-electron chi connectivity index (χ1n) is 25.8. The van der Waals surface area contributed by atoms with Crippen LogP contribution in [-0.4, -0.2) is 129 Å². The van der Waals surface area contributed by atoms with Crippen LogP contribution in [-0.2, 0) is 33.4 Å². The van der Waals surface area contributed by atoms with Gasteiger partial charge in [0, 0.05) is 113 Å². The van der Waals surface area contributed by atoms with E-state index in [1.54, 1.807) is 24.2 Å². The fourth-order valence-electron chi connectivity index (χ4n) is 12.6. The Balaban J connectivity index is 0.641. The van der Waals surface area contributed by atoms with Crippen molar-refractivity contribution in [1.29, 1.82) is 0 Å². The number of hydrogen-bond acceptors (Lipinski definition) is 10. The summed E-state index contributed by atoms with van der Waals surface area (Å²) < 4.78 is 18.2. The van der Waals surface area contributed by atoms with Crippen molar-refractivity contribution in [2.75, 3.05) is 69.6 Å². The largest absolute Gasteiger partial charge is 0.386 e. The van der Waals surface area contributed by atoms with Crippen LogP contribution in [0.25, 0.3) is 16.7 Å². The zero-order valence-electron chi connectivity index (χ0n) is 41.3. The first-order chi connectivity index (χ1) is 34.3. The number of benzene rings is 2. The predicted molar refractivity (Wildman–Crippen MR) is 270 cm³/mol. The van der Waals surface area contributed by atoms with Crippen molar-refractivity contribution in [1.82, 2.24) is 39.0 Å². The van der Waals surface area contributed by atoms with E-state index < -0.39 is 17.3 Å². The zero-order chi connectivity index (χ0) is 49.3. The average Bonchev–Trinajstić information content (AvgIpc) is 4.08. The number of carbonyl (C=O) groups excluding carboxylic acids is 4. The minimum absolute atomic E-state index is 0.00569. The molecule has 1 aliphatic carbocycles. The van der Waals surface area contributed by atoms with Gasteiger partial charge in [-0.25, -0.2) is 9.37 Å². The number of likely N-dealkylation sites (tertiary alicyclic amines) is 2. The molecule has 5 fully saturated rings. The van der Waals surface area contributed by atoms with Gasteiger partial charge in [-0.1, -0.05) is 24.3 Å². The third-order valence-electron chi connectivity index (χ3n) is 17.0. The van der Waals surface area contributed by atoms with Gasteiger partial charge in [0.2, 0.25) is 17.7 Å². The minimum atomic E-state index is -0.636. The van der Waals surface area contributed by atoms with E-state index in [4.69, 9.17) is 0 Å². The van der Waals surface area contributed by atoms with E-state index in [1.165, 1.54) is 28.0 Å². The number of carbonyl (C=O) groups is 4. The number of hydrogen-bond donors (Lipinski definition) is 2. The van der Waals surface area contributed by atoms with E-state index in [0.717, 1.165) is 131 Å². The van der Waals surface area contributed by atoms with E-state index >= 15 is 0 Å². The molecule has 11 rings (SSSR count). The predicted octanol–water partition coefficient (Wildman–Crippen LogP) is 6.09. The fraction of sp³-hybridized carbons (Fsp3) is 0.491. The van der Waals surface area contributed by atoms with Crippen molar-refractivity contribution in [3.63, 3.8) is 0 Å². The lowest BCUT2D eigenvalue weighted by molar-refractivity contribution is -0.135. The highest BCUT2D eigenvalue weighted by Gasteiger charge is 2.61. The van der Waals surface area contributed by atoms with Crippen LogP contribution in [0, 0.1) is 11.7 Å². The van der Waals surface area contributed by atoms with Crippen molar-refractivity contribution in [2.24, 2.45) is 13.0 Å². The maximum absolute atomic E-state index is 14.8. The Labute approximate surface area is 414 Å². The smallest absolute Gasteiger partial charge is 0.257 e. The highest BCUT2D eigenvalue weighted by Crippen LogP contribution is 2.58. The van der Waals surface area contributed by atoms with E-state index in [-0.39, 0.29) is 47.3 Å². The van der Waals surface area contributed by atoms with Gasteiger partial charge in [-0.3, -0.25) is 53.5 Å². The summed E-state index contributed by atoms with van der Waals surface area (Å²) in [7, 11) is 3.59. The SMILES string of the molecule is CNc1cc(=O)n(-c2ccnc3c2cc([C@H](C)N2CCC(c4ccc(C(=O)N5CCC(CN6CCN(Cc7ccc8c(c7)C7(CC7)C(=O)N8[C@H]7CCC(=O)NC7=O)C[C@@H]6C)CC5)cc4)CC2)n3C)cc1F. The summed E-state index contributed by atoms with van der Waals surface area (Å²) in [6, 6.07) is 19.7. The number of piperazine rings is 1. The van der Waals surface area contributed by atoms with Crippen LogP contribution in [0.15, 0.2) is 77.9 Å². The molecule has 71 heavy (non-hydrogen) atoms. The monoisotopic (exact) mass is 965 g/mol. The molecular weight excluding hydrogens is 900 g/mol. The highest BCUT2D eigenvalue weighted by molar-refractivity contribution is 6.15. The summed E-state index contributed by atoms with van der Waals surface area (Å²) in [5, 5.41) is 5.97. The molecule has 372 valence electrons. The fourth-order valence-corrected chi connectivity index (χ4v) is 12.6. The van der Waals surface area contributed by atoms with Crippen LogP contribution in [0.1, 0.15) is 110 Å². The molecule has 3 atom stereocenters. The highest BCUT2D eigenvalue weighted by atomic mass is 19.1. The van der Waals surface area contributed by atoms with E-state index in [1.807, 2.05) is 30.1 Å². The van der Waals surface area contributed by atoms with Crippen molar-refractivity contribution >= 4 is 46.0 Å². The summed E-state index contributed by atoms with van der Waals surface area (Å²) >= 11 is 0. The number of aromatic nitrogens is 3. The lowest BCUT2D eigenvalue weighted by Crippen LogP contribution is -2.54. The molecule has 5 aromatic rings. The van der Waals surface area contributed by atoms with Crippen molar-refractivity contribution in [3.05, 3.63) is 117 Å². The molecule has 4 amide bonds. The Kier molecular flexibility index (Phi) is 12.4. The number of halogens is 1. The summed E-state index contributed by atoms with van der Waals surface area (Å²) in [4.78, 5) is 81.1. The number of nitrogens with one attached hydrogen (secondary N) is 2. The molecule has 3 aromatic heterocycles. The second-order valence-electron chi connectivity index (χ2n) is 21.2. The Morgan fingerprint density at radius 3 is 2.37 bits per heavy atom. The van der Waals surface area contributed by atoms with Crippen LogP contribution in [0.3, 0.4) is 0 Å². The molecular formula is C55H65FN10O5. The molecule has 1 saturated carbocycles. The molecule has 2 aromatic carbocycles. The molecule has 16 heteroatoms. The maximum atomic E-state index is 14.8. The third-order valence-corrected chi connectivity index (χ3v) is 17.0. The van der Waals surface area contributed by atoms with E-state index in [9.17, 15) is 28.4 Å². The molecule has 8 heterocycles. The van der Waals surface area contributed by atoms with Crippen LogP contribution in [0.5, 0.6) is 0 Å².